The molecular weight excluding hydrogens is 272 g/mol. The highest BCUT2D eigenvalue weighted by molar-refractivity contribution is 7.89. The fourth-order valence-electron chi connectivity index (χ4n) is 1.98. The number of sulfonamides is 1. The summed E-state index contributed by atoms with van der Waals surface area (Å²) in [7, 11) is -3.50. The van der Waals surface area contributed by atoms with E-state index >= 15 is 0 Å². The van der Waals surface area contributed by atoms with Crippen LogP contribution in [-0.4, -0.2) is 14.5 Å². The maximum atomic E-state index is 12.3. The van der Waals surface area contributed by atoms with Crippen molar-refractivity contribution in [3.63, 3.8) is 0 Å². The summed E-state index contributed by atoms with van der Waals surface area (Å²) in [6, 6.07) is 3.12. The first-order valence-corrected chi connectivity index (χ1v) is 8.51. The van der Waals surface area contributed by atoms with Crippen molar-refractivity contribution in [2.75, 3.05) is 5.73 Å². The van der Waals surface area contributed by atoms with Gasteiger partial charge in [-0.25, -0.2) is 13.1 Å². The van der Waals surface area contributed by atoms with E-state index in [-0.39, 0.29) is 10.9 Å². The molecule has 0 aliphatic heterocycles. The van der Waals surface area contributed by atoms with Gasteiger partial charge in [0.2, 0.25) is 10.0 Å². The van der Waals surface area contributed by atoms with Gasteiger partial charge in [0.25, 0.3) is 0 Å². The van der Waals surface area contributed by atoms with Crippen LogP contribution in [0.15, 0.2) is 17.0 Å². The Morgan fingerprint density at radius 2 is 1.75 bits per heavy atom. The Kier molecular flexibility index (Phi) is 5.59. The summed E-state index contributed by atoms with van der Waals surface area (Å²) in [5.41, 5.74) is 8.19. The molecule has 1 rings (SSSR count). The molecule has 0 aliphatic carbocycles. The Bertz CT molecular complexity index is 542. The molecule has 1 aromatic carbocycles. The lowest BCUT2D eigenvalue weighted by atomic mass is 10.1. The van der Waals surface area contributed by atoms with Crippen LogP contribution in [0.5, 0.6) is 0 Å². The fraction of sp³-hybridized carbons (Fsp3) is 0.600. The highest BCUT2D eigenvalue weighted by Crippen LogP contribution is 2.22. The summed E-state index contributed by atoms with van der Waals surface area (Å²) in [6.45, 7) is 9.91. The Labute approximate surface area is 122 Å². The average Bonchev–Trinajstić information content (AvgIpc) is 2.32. The summed E-state index contributed by atoms with van der Waals surface area (Å²) in [5, 5.41) is 0. The zero-order valence-electron chi connectivity index (χ0n) is 13.0. The van der Waals surface area contributed by atoms with Gasteiger partial charge in [-0.05, 0) is 62.8 Å². The van der Waals surface area contributed by atoms with Gasteiger partial charge in [0, 0.05) is 11.7 Å². The van der Waals surface area contributed by atoms with Crippen LogP contribution in [-0.2, 0) is 10.0 Å². The third-order valence-corrected chi connectivity index (χ3v) is 5.09. The summed E-state index contributed by atoms with van der Waals surface area (Å²) >= 11 is 0. The molecule has 0 amide bonds. The Morgan fingerprint density at radius 1 is 1.15 bits per heavy atom. The topological polar surface area (TPSA) is 72.2 Å². The largest absolute Gasteiger partial charge is 0.398 e. The molecule has 3 N–H and O–H groups in total. The molecule has 1 atom stereocenters. The standard InChI is InChI=1S/C15H26N2O2S/c1-10(2)6-7-12(4)17-20(18,19)14-8-11(3)13(5)15(16)9-14/h8-10,12,17H,6-7,16H2,1-5H3. The van der Waals surface area contributed by atoms with E-state index in [0.29, 0.717) is 11.6 Å². The first-order valence-electron chi connectivity index (χ1n) is 7.02. The molecule has 0 aromatic heterocycles. The molecule has 20 heavy (non-hydrogen) atoms. The highest BCUT2D eigenvalue weighted by atomic mass is 32.2. The molecule has 0 fully saturated rings. The first-order chi connectivity index (χ1) is 9.13. The minimum atomic E-state index is -3.50. The number of nitrogens with two attached hydrogens (primary N) is 1. The van der Waals surface area contributed by atoms with Gasteiger partial charge in [-0.3, -0.25) is 0 Å². The Hall–Kier alpha value is -1.07. The van der Waals surface area contributed by atoms with Crippen LogP contribution in [0.1, 0.15) is 44.7 Å². The summed E-state index contributed by atoms with van der Waals surface area (Å²) in [6.07, 6.45) is 1.83. The number of hydrogen-bond donors (Lipinski definition) is 2. The predicted molar refractivity (Wildman–Crippen MR) is 84.2 cm³/mol. The van der Waals surface area contributed by atoms with E-state index in [0.717, 1.165) is 24.0 Å². The number of hydrogen-bond acceptors (Lipinski definition) is 3. The van der Waals surface area contributed by atoms with E-state index in [2.05, 4.69) is 18.6 Å². The molecule has 5 heteroatoms. The molecule has 0 aliphatic rings. The summed E-state index contributed by atoms with van der Waals surface area (Å²) in [4.78, 5) is 0.245. The molecular formula is C15H26N2O2S. The molecule has 1 unspecified atom stereocenters. The second-order valence-electron chi connectivity index (χ2n) is 5.95. The SMILES string of the molecule is Cc1cc(S(=O)(=O)NC(C)CCC(C)C)cc(N)c1C. The minimum absolute atomic E-state index is 0.0785. The van der Waals surface area contributed by atoms with Crippen molar-refractivity contribution in [2.24, 2.45) is 5.92 Å². The molecule has 0 heterocycles. The fourth-order valence-corrected chi connectivity index (χ4v) is 3.38. The number of benzene rings is 1. The maximum absolute atomic E-state index is 12.3. The molecule has 0 radical (unpaired) electrons. The van der Waals surface area contributed by atoms with Crippen molar-refractivity contribution in [1.29, 1.82) is 0 Å². The average molecular weight is 298 g/mol. The van der Waals surface area contributed by atoms with Crippen LogP contribution < -0.4 is 10.5 Å². The molecule has 0 saturated carbocycles. The number of nitrogen functional groups attached to an aromatic ring is 1. The predicted octanol–water partition coefficient (Wildman–Crippen LogP) is 2.99. The van der Waals surface area contributed by atoms with E-state index < -0.39 is 10.0 Å². The van der Waals surface area contributed by atoms with E-state index in [9.17, 15) is 8.42 Å². The van der Waals surface area contributed by atoms with Gasteiger partial charge in [-0.2, -0.15) is 0 Å². The lowest BCUT2D eigenvalue weighted by Crippen LogP contribution is -2.33. The lowest BCUT2D eigenvalue weighted by Gasteiger charge is -2.16. The lowest BCUT2D eigenvalue weighted by molar-refractivity contribution is 0.485. The number of aryl methyl sites for hydroxylation is 1. The minimum Gasteiger partial charge on any atom is -0.398 e. The van der Waals surface area contributed by atoms with E-state index in [1.807, 2.05) is 20.8 Å². The number of anilines is 1. The van der Waals surface area contributed by atoms with E-state index in [1.165, 1.54) is 6.07 Å². The van der Waals surface area contributed by atoms with Gasteiger partial charge in [-0.1, -0.05) is 13.8 Å². The maximum Gasteiger partial charge on any atom is 0.240 e. The summed E-state index contributed by atoms with van der Waals surface area (Å²) < 4.78 is 27.4. The second kappa shape index (κ2) is 6.59. The molecule has 1 aromatic rings. The van der Waals surface area contributed by atoms with Crippen molar-refractivity contribution in [3.8, 4) is 0 Å². The van der Waals surface area contributed by atoms with Gasteiger partial charge >= 0.3 is 0 Å². The molecule has 0 bridgehead atoms. The highest BCUT2D eigenvalue weighted by Gasteiger charge is 2.19. The van der Waals surface area contributed by atoms with Gasteiger partial charge in [0.15, 0.2) is 0 Å². The third kappa shape index (κ3) is 4.49. The van der Waals surface area contributed by atoms with Gasteiger partial charge in [0.1, 0.15) is 0 Å². The third-order valence-electron chi connectivity index (χ3n) is 3.52. The van der Waals surface area contributed by atoms with E-state index in [1.54, 1.807) is 6.07 Å². The molecule has 4 nitrogen and oxygen atoms in total. The Morgan fingerprint density at radius 3 is 2.25 bits per heavy atom. The number of nitrogens with one attached hydrogen (secondary N) is 1. The normalized spacial score (nSPS) is 13.7. The monoisotopic (exact) mass is 298 g/mol. The van der Waals surface area contributed by atoms with Crippen LogP contribution in [0.25, 0.3) is 0 Å². The van der Waals surface area contributed by atoms with Gasteiger partial charge in [0.05, 0.1) is 4.90 Å². The van der Waals surface area contributed by atoms with Crippen LogP contribution >= 0.6 is 0 Å². The van der Waals surface area contributed by atoms with Crippen LogP contribution in [0.2, 0.25) is 0 Å². The second-order valence-corrected chi connectivity index (χ2v) is 7.66. The molecule has 0 saturated heterocycles. The van der Waals surface area contributed by atoms with Gasteiger partial charge in [-0.15, -0.1) is 0 Å². The van der Waals surface area contributed by atoms with E-state index in [4.69, 9.17) is 5.73 Å². The Balaban J connectivity index is 2.89. The van der Waals surface area contributed by atoms with Crippen LogP contribution in [0.4, 0.5) is 5.69 Å². The van der Waals surface area contributed by atoms with Crippen molar-refractivity contribution in [3.05, 3.63) is 23.3 Å². The van der Waals surface area contributed by atoms with Crippen molar-refractivity contribution in [1.82, 2.24) is 4.72 Å². The van der Waals surface area contributed by atoms with Crippen molar-refractivity contribution >= 4 is 15.7 Å². The first kappa shape index (κ1) is 17.0. The number of rotatable bonds is 6. The van der Waals surface area contributed by atoms with Gasteiger partial charge < -0.3 is 5.73 Å². The van der Waals surface area contributed by atoms with Crippen LogP contribution in [0, 0.1) is 19.8 Å². The smallest absolute Gasteiger partial charge is 0.240 e. The summed E-state index contributed by atoms with van der Waals surface area (Å²) in [5.74, 6) is 0.569. The zero-order chi connectivity index (χ0) is 15.5. The van der Waals surface area contributed by atoms with Crippen molar-refractivity contribution < 1.29 is 8.42 Å². The van der Waals surface area contributed by atoms with Crippen LogP contribution in [0.3, 0.4) is 0 Å². The zero-order valence-corrected chi connectivity index (χ0v) is 13.8. The molecule has 0 spiro atoms. The quantitative estimate of drug-likeness (QED) is 0.793. The van der Waals surface area contributed by atoms with Crippen molar-refractivity contribution in [2.45, 2.75) is 58.4 Å². The molecule has 114 valence electrons.